The van der Waals surface area contributed by atoms with E-state index in [0.29, 0.717) is 25.2 Å². The van der Waals surface area contributed by atoms with Crippen molar-refractivity contribution >= 4 is 23.1 Å². The van der Waals surface area contributed by atoms with E-state index in [1.807, 2.05) is 67.1 Å². The van der Waals surface area contributed by atoms with E-state index < -0.39 is 0 Å². The highest BCUT2D eigenvalue weighted by atomic mass is 16.2. The maximum absolute atomic E-state index is 11.8. The number of anilines is 3. The summed E-state index contributed by atoms with van der Waals surface area (Å²) in [6, 6.07) is 9.81. The van der Waals surface area contributed by atoms with Crippen LogP contribution in [0.1, 0.15) is 27.9 Å². The second-order valence-electron chi connectivity index (χ2n) is 7.54. The number of carbonyl (C=O) groups is 1. The number of nitrogens with one attached hydrogen (secondary N) is 2. The maximum atomic E-state index is 11.8. The summed E-state index contributed by atoms with van der Waals surface area (Å²) in [4.78, 5) is 18.2. The van der Waals surface area contributed by atoms with Gasteiger partial charge in [-0.3, -0.25) is 9.48 Å². The van der Waals surface area contributed by atoms with Gasteiger partial charge < -0.3 is 15.5 Å². The normalized spacial score (nSPS) is 12.9. The number of rotatable bonds is 5. The average molecular weight is 401 g/mol. The third kappa shape index (κ3) is 3.96. The van der Waals surface area contributed by atoms with Crippen molar-refractivity contribution in [3.8, 4) is 6.07 Å². The number of nitrogens with zero attached hydrogens (tertiary/aromatic N) is 5. The summed E-state index contributed by atoms with van der Waals surface area (Å²) in [6.07, 6.45) is 3.84. The second-order valence-corrected chi connectivity index (χ2v) is 7.54. The number of hydrogen-bond acceptors (Lipinski definition) is 6. The van der Waals surface area contributed by atoms with Crippen molar-refractivity contribution in [2.75, 3.05) is 29.1 Å². The minimum Gasteiger partial charge on any atom is -0.366 e. The molecule has 3 heterocycles. The lowest BCUT2D eigenvalue weighted by molar-refractivity contribution is -0.115. The Labute approximate surface area is 175 Å². The quantitative estimate of drug-likeness (QED) is 0.682. The first kappa shape index (κ1) is 19.5. The number of pyridine rings is 1. The molecule has 1 aliphatic rings. The minimum atomic E-state index is -0.0273. The SMILES string of the molecule is Cc1cc(C#N)ccc1Cn1cc(CNc2cc3c(c(C)n2)NC(=O)CN3C)cn1. The van der Waals surface area contributed by atoms with Crippen LogP contribution in [0, 0.1) is 25.2 Å². The monoisotopic (exact) mass is 401 g/mol. The van der Waals surface area contributed by atoms with Gasteiger partial charge in [0.1, 0.15) is 5.82 Å². The number of carbonyl (C=O) groups excluding carboxylic acids is 1. The van der Waals surface area contributed by atoms with E-state index in [0.717, 1.165) is 39.6 Å². The minimum absolute atomic E-state index is 0.0273. The Morgan fingerprint density at radius 2 is 2.13 bits per heavy atom. The summed E-state index contributed by atoms with van der Waals surface area (Å²) in [5, 5.41) is 19.7. The molecule has 8 nitrogen and oxygen atoms in total. The molecule has 0 fully saturated rings. The van der Waals surface area contributed by atoms with Gasteiger partial charge in [-0.05, 0) is 37.1 Å². The standard InChI is InChI=1S/C22H23N7O/c1-14-6-16(8-23)4-5-18(14)12-29-11-17(10-25-29)9-24-20-7-19-22(15(2)26-20)27-21(30)13-28(19)3/h4-7,10-11H,9,12-13H2,1-3H3,(H,24,26)(H,27,30). The van der Waals surface area contributed by atoms with Crippen molar-refractivity contribution in [3.63, 3.8) is 0 Å². The maximum Gasteiger partial charge on any atom is 0.243 e. The molecule has 1 aromatic carbocycles. The number of aromatic nitrogens is 3. The summed E-state index contributed by atoms with van der Waals surface area (Å²) in [5.41, 5.74) is 6.42. The Morgan fingerprint density at radius 3 is 2.90 bits per heavy atom. The van der Waals surface area contributed by atoms with E-state index in [1.165, 1.54) is 0 Å². The Kier molecular flexibility index (Phi) is 5.11. The Balaban J connectivity index is 1.44. The van der Waals surface area contributed by atoms with Crippen molar-refractivity contribution < 1.29 is 4.79 Å². The average Bonchev–Trinajstić information content (AvgIpc) is 3.16. The van der Waals surface area contributed by atoms with Crippen molar-refractivity contribution in [2.45, 2.75) is 26.9 Å². The van der Waals surface area contributed by atoms with E-state index in [9.17, 15) is 4.79 Å². The summed E-state index contributed by atoms with van der Waals surface area (Å²) in [5.74, 6) is 0.727. The highest BCUT2D eigenvalue weighted by Crippen LogP contribution is 2.32. The van der Waals surface area contributed by atoms with Gasteiger partial charge in [-0.2, -0.15) is 10.4 Å². The van der Waals surface area contributed by atoms with E-state index in [-0.39, 0.29) is 5.91 Å². The van der Waals surface area contributed by atoms with E-state index in [2.05, 4.69) is 26.8 Å². The lowest BCUT2D eigenvalue weighted by atomic mass is 10.1. The highest BCUT2D eigenvalue weighted by molar-refractivity contribution is 6.02. The first-order valence-electron chi connectivity index (χ1n) is 9.70. The van der Waals surface area contributed by atoms with Crippen LogP contribution in [0.15, 0.2) is 36.7 Å². The molecule has 0 unspecified atom stereocenters. The molecule has 152 valence electrons. The molecule has 2 N–H and O–H groups in total. The molecule has 0 saturated heterocycles. The number of likely N-dealkylation sites (N-methyl/N-ethyl adjacent to an activating group) is 1. The van der Waals surface area contributed by atoms with Gasteiger partial charge in [0.25, 0.3) is 0 Å². The van der Waals surface area contributed by atoms with Gasteiger partial charge in [-0.25, -0.2) is 4.98 Å². The van der Waals surface area contributed by atoms with Crippen molar-refractivity contribution in [1.82, 2.24) is 14.8 Å². The molecule has 3 aromatic rings. The van der Waals surface area contributed by atoms with Crippen molar-refractivity contribution in [1.29, 1.82) is 5.26 Å². The molecule has 0 saturated carbocycles. The van der Waals surface area contributed by atoms with Gasteiger partial charge in [0, 0.05) is 31.4 Å². The van der Waals surface area contributed by atoms with Gasteiger partial charge in [-0.1, -0.05) is 6.07 Å². The smallest absolute Gasteiger partial charge is 0.243 e. The number of nitriles is 1. The van der Waals surface area contributed by atoms with Crippen molar-refractivity contribution in [2.24, 2.45) is 0 Å². The van der Waals surface area contributed by atoms with Crippen LogP contribution in [-0.2, 0) is 17.9 Å². The topological polar surface area (TPSA) is 98.9 Å². The van der Waals surface area contributed by atoms with Gasteiger partial charge in [-0.15, -0.1) is 0 Å². The molecular formula is C22H23N7O. The number of benzene rings is 1. The lowest BCUT2D eigenvalue weighted by Gasteiger charge is -2.28. The van der Waals surface area contributed by atoms with Crippen LogP contribution in [0.3, 0.4) is 0 Å². The third-order valence-electron chi connectivity index (χ3n) is 5.20. The molecule has 1 amide bonds. The van der Waals surface area contributed by atoms with Crippen LogP contribution < -0.4 is 15.5 Å². The molecule has 0 atom stereocenters. The zero-order valence-electron chi connectivity index (χ0n) is 17.2. The fraction of sp³-hybridized carbons (Fsp3) is 0.273. The Hall–Kier alpha value is -3.86. The largest absolute Gasteiger partial charge is 0.366 e. The van der Waals surface area contributed by atoms with Gasteiger partial charge in [0.15, 0.2) is 0 Å². The second kappa shape index (κ2) is 7.87. The molecule has 2 aromatic heterocycles. The Morgan fingerprint density at radius 1 is 1.30 bits per heavy atom. The van der Waals surface area contributed by atoms with Gasteiger partial charge in [0.2, 0.25) is 5.91 Å². The first-order valence-corrected chi connectivity index (χ1v) is 9.70. The van der Waals surface area contributed by atoms with Gasteiger partial charge >= 0.3 is 0 Å². The zero-order chi connectivity index (χ0) is 21.3. The van der Waals surface area contributed by atoms with E-state index in [1.54, 1.807) is 0 Å². The number of fused-ring (bicyclic) bond motifs is 1. The molecule has 0 aliphatic carbocycles. The van der Waals surface area contributed by atoms with Crippen LogP contribution in [0.4, 0.5) is 17.2 Å². The molecule has 4 rings (SSSR count). The van der Waals surface area contributed by atoms with E-state index >= 15 is 0 Å². The molecule has 8 heteroatoms. The zero-order valence-corrected chi connectivity index (χ0v) is 17.2. The summed E-state index contributed by atoms with van der Waals surface area (Å²) in [6.45, 7) is 5.47. The van der Waals surface area contributed by atoms with Crippen LogP contribution in [-0.4, -0.2) is 34.3 Å². The molecular weight excluding hydrogens is 378 g/mol. The first-order chi connectivity index (χ1) is 14.4. The molecule has 1 aliphatic heterocycles. The molecule has 0 spiro atoms. The third-order valence-corrected chi connectivity index (χ3v) is 5.20. The van der Waals surface area contributed by atoms with Crippen molar-refractivity contribution in [3.05, 3.63) is 64.6 Å². The summed E-state index contributed by atoms with van der Waals surface area (Å²) >= 11 is 0. The lowest BCUT2D eigenvalue weighted by Crippen LogP contribution is -2.36. The van der Waals surface area contributed by atoms with Crippen LogP contribution in [0.5, 0.6) is 0 Å². The number of aryl methyl sites for hydroxylation is 2. The molecule has 30 heavy (non-hydrogen) atoms. The number of hydrogen-bond donors (Lipinski definition) is 2. The highest BCUT2D eigenvalue weighted by Gasteiger charge is 2.22. The molecule has 0 radical (unpaired) electrons. The van der Waals surface area contributed by atoms with Crippen LogP contribution in [0.25, 0.3) is 0 Å². The molecule has 0 bridgehead atoms. The predicted molar refractivity (Wildman–Crippen MR) is 115 cm³/mol. The fourth-order valence-corrected chi connectivity index (χ4v) is 3.58. The van der Waals surface area contributed by atoms with Gasteiger partial charge in [0.05, 0.1) is 48.0 Å². The van der Waals surface area contributed by atoms with Crippen LogP contribution >= 0.6 is 0 Å². The summed E-state index contributed by atoms with van der Waals surface area (Å²) < 4.78 is 1.89. The number of amides is 1. The Bertz CT molecular complexity index is 1160. The van der Waals surface area contributed by atoms with Crippen LogP contribution in [0.2, 0.25) is 0 Å². The fourth-order valence-electron chi connectivity index (χ4n) is 3.58. The van der Waals surface area contributed by atoms with E-state index in [4.69, 9.17) is 5.26 Å². The summed E-state index contributed by atoms with van der Waals surface area (Å²) in [7, 11) is 1.90. The predicted octanol–water partition coefficient (Wildman–Crippen LogP) is 2.82.